The van der Waals surface area contributed by atoms with Gasteiger partial charge in [-0.1, -0.05) is 36.9 Å². The Morgan fingerprint density at radius 2 is 1.79 bits per heavy atom. The Labute approximate surface area is 119 Å². The molecule has 0 saturated carbocycles. The molecule has 0 heterocycles. The zero-order chi connectivity index (χ0) is 13.8. The number of halogens is 3. The summed E-state index contributed by atoms with van der Waals surface area (Å²) < 4.78 is 26.8. The van der Waals surface area contributed by atoms with Crippen molar-refractivity contribution in [1.82, 2.24) is 0 Å². The van der Waals surface area contributed by atoms with Crippen LogP contribution in [0.2, 0.25) is 0 Å². The third kappa shape index (κ3) is 3.41. The van der Waals surface area contributed by atoms with Crippen LogP contribution in [0.5, 0.6) is 0 Å². The van der Waals surface area contributed by atoms with Gasteiger partial charge in [0, 0.05) is 12.6 Å². The first-order chi connectivity index (χ1) is 9.08. The van der Waals surface area contributed by atoms with Crippen LogP contribution in [0, 0.1) is 11.6 Å². The van der Waals surface area contributed by atoms with E-state index in [0.29, 0.717) is 6.54 Å². The van der Waals surface area contributed by atoms with E-state index in [0.717, 1.165) is 17.2 Å². The summed E-state index contributed by atoms with van der Waals surface area (Å²) in [7, 11) is 0. The fourth-order valence-corrected chi connectivity index (χ4v) is 1.98. The third-order valence-corrected chi connectivity index (χ3v) is 3.29. The number of hydrogen-bond acceptors (Lipinski definition) is 1. The van der Waals surface area contributed by atoms with Crippen LogP contribution >= 0.6 is 15.9 Å². The molecular formula is C15H12BrF2N. The highest BCUT2D eigenvalue weighted by Gasteiger charge is 2.08. The highest BCUT2D eigenvalue weighted by atomic mass is 79.9. The molecule has 19 heavy (non-hydrogen) atoms. The average Bonchev–Trinajstić information content (AvgIpc) is 2.42. The van der Waals surface area contributed by atoms with Gasteiger partial charge in [-0.3, -0.25) is 0 Å². The minimum absolute atomic E-state index is 0.224. The first-order valence-electron chi connectivity index (χ1n) is 5.69. The molecule has 0 bridgehead atoms. The van der Waals surface area contributed by atoms with E-state index in [-0.39, 0.29) is 10.2 Å². The fourth-order valence-electron chi connectivity index (χ4n) is 1.64. The molecule has 4 heteroatoms. The minimum atomic E-state index is -0.624. The number of benzene rings is 2. The maximum atomic E-state index is 13.5. The van der Waals surface area contributed by atoms with Gasteiger partial charge in [-0.2, -0.15) is 0 Å². The van der Waals surface area contributed by atoms with Gasteiger partial charge in [0.2, 0.25) is 0 Å². The molecular weight excluding hydrogens is 312 g/mol. The second-order valence-electron chi connectivity index (χ2n) is 4.07. The van der Waals surface area contributed by atoms with Crippen molar-refractivity contribution in [3.63, 3.8) is 0 Å². The van der Waals surface area contributed by atoms with E-state index in [2.05, 4.69) is 27.8 Å². The zero-order valence-electron chi connectivity index (χ0n) is 10.1. The van der Waals surface area contributed by atoms with Crippen molar-refractivity contribution in [1.29, 1.82) is 0 Å². The summed E-state index contributed by atoms with van der Waals surface area (Å²) in [6.45, 7) is 4.33. The van der Waals surface area contributed by atoms with Crippen LogP contribution in [0.15, 0.2) is 53.5 Å². The van der Waals surface area contributed by atoms with E-state index in [4.69, 9.17) is 0 Å². The Bertz CT molecular complexity index is 597. The summed E-state index contributed by atoms with van der Waals surface area (Å²) in [4.78, 5) is 0. The highest BCUT2D eigenvalue weighted by Crippen LogP contribution is 2.24. The second kappa shape index (κ2) is 5.97. The molecule has 0 saturated heterocycles. The van der Waals surface area contributed by atoms with Crippen LogP contribution in [0.25, 0.3) is 5.57 Å². The van der Waals surface area contributed by atoms with Gasteiger partial charge in [-0.25, -0.2) is 8.78 Å². The van der Waals surface area contributed by atoms with Crippen LogP contribution in [0.1, 0.15) is 5.56 Å². The third-order valence-electron chi connectivity index (χ3n) is 2.68. The summed E-state index contributed by atoms with van der Waals surface area (Å²) in [5.41, 5.74) is 2.06. The number of nitrogens with one attached hydrogen (secondary N) is 1. The van der Waals surface area contributed by atoms with Crippen molar-refractivity contribution in [3.05, 3.63) is 70.7 Å². The lowest BCUT2D eigenvalue weighted by Crippen LogP contribution is -2.05. The largest absolute Gasteiger partial charge is 0.379 e. The van der Waals surface area contributed by atoms with Crippen molar-refractivity contribution >= 4 is 27.2 Å². The van der Waals surface area contributed by atoms with E-state index >= 15 is 0 Å². The molecule has 0 unspecified atom stereocenters. The van der Waals surface area contributed by atoms with Crippen LogP contribution in [0.4, 0.5) is 14.5 Å². The molecule has 2 aromatic rings. The van der Waals surface area contributed by atoms with Gasteiger partial charge >= 0.3 is 0 Å². The SMILES string of the molecule is C=C(CNc1cc(Br)c(F)cc1F)c1ccccc1. The van der Waals surface area contributed by atoms with Gasteiger partial charge in [0.05, 0.1) is 10.2 Å². The van der Waals surface area contributed by atoms with Gasteiger partial charge < -0.3 is 5.32 Å². The summed E-state index contributed by atoms with van der Waals surface area (Å²) in [5.74, 6) is -1.24. The lowest BCUT2D eigenvalue weighted by molar-refractivity contribution is 0.581. The predicted octanol–water partition coefficient (Wildman–Crippen LogP) is 4.85. The molecule has 0 atom stereocenters. The number of anilines is 1. The van der Waals surface area contributed by atoms with E-state index in [1.165, 1.54) is 6.07 Å². The predicted molar refractivity (Wildman–Crippen MR) is 78.0 cm³/mol. The molecule has 2 rings (SSSR count). The summed E-state index contributed by atoms with van der Waals surface area (Å²) in [6.07, 6.45) is 0. The molecule has 0 aliphatic rings. The van der Waals surface area contributed by atoms with E-state index in [1.54, 1.807) is 0 Å². The van der Waals surface area contributed by atoms with Crippen LogP contribution in [0.3, 0.4) is 0 Å². The Morgan fingerprint density at radius 1 is 1.11 bits per heavy atom. The van der Waals surface area contributed by atoms with Gasteiger partial charge in [-0.05, 0) is 33.1 Å². The molecule has 0 aliphatic carbocycles. The van der Waals surface area contributed by atoms with E-state index < -0.39 is 11.6 Å². The Hall–Kier alpha value is -1.68. The minimum Gasteiger partial charge on any atom is -0.379 e. The number of hydrogen-bond donors (Lipinski definition) is 1. The van der Waals surface area contributed by atoms with E-state index in [1.807, 2.05) is 30.3 Å². The van der Waals surface area contributed by atoms with Crippen molar-refractivity contribution < 1.29 is 8.78 Å². The number of rotatable bonds is 4. The first kappa shape index (κ1) is 13.7. The maximum absolute atomic E-state index is 13.5. The van der Waals surface area contributed by atoms with Crippen LogP contribution in [-0.2, 0) is 0 Å². The molecule has 0 aliphatic heterocycles. The van der Waals surface area contributed by atoms with Crippen LogP contribution < -0.4 is 5.32 Å². The lowest BCUT2D eigenvalue weighted by Gasteiger charge is -2.11. The van der Waals surface area contributed by atoms with Gasteiger partial charge in [0.1, 0.15) is 11.6 Å². The molecule has 1 nitrogen and oxygen atoms in total. The highest BCUT2D eigenvalue weighted by molar-refractivity contribution is 9.10. The molecule has 0 fully saturated rings. The molecule has 0 spiro atoms. The average molecular weight is 324 g/mol. The molecule has 1 N–H and O–H groups in total. The zero-order valence-corrected chi connectivity index (χ0v) is 11.7. The smallest absolute Gasteiger partial charge is 0.149 e. The van der Waals surface area contributed by atoms with Gasteiger partial charge in [-0.15, -0.1) is 0 Å². The van der Waals surface area contributed by atoms with Crippen molar-refractivity contribution in [3.8, 4) is 0 Å². The molecule has 2 aromatic carbocycles. The van der Waals surface area contributed by atoms with Crippen molar-refractivity contribution in [2.75, 3.05) is 11.9 Å². The van der Waals surface area contributed by atoms with Crippen LogP contribution in [-0.4, -0.2) is 6.54 Å². The lowest BCUT2D eigenvalue weighted by atomic mass is 10.1. The monoisotopic (exact) mass is 323 g/mol. The topological polar surface area (TPSA) is 12.0 Å². The second-order valence-corrected chi connectivity index (χ2v) is 4.92. The Kier molecular flexibility index (Phi) is 4.32. The van der Waals surface area contributed by atoms with Crippen molar-refractivity contribution in [2.24, 2.45) is 0 Å². The normalized spacial score (nSPS) is 10.3. The fraction of sp³-hybridized carbons (Fsp3) is 0.0667. The molecule has 0 amide bonds. The quantitative estimate of drug-likeness (QED) is 0.793. The molecule has 98 valence electrons. The van der Waals surface area contributed by atoms with Crippen molar-refractivity contribution in [2.45, 2.75) is 0 Å². The summed E-state index contributed by atoms with van der Waals surface area (Å²) >= 11 is 3.03. The first-order valence-corrected chi connectivity index (χ1v) is 6.49. The standard InChI is InChI=1S/C15H12BrF2N/c1-10(11-5-3-2-4-6-11)9-19-15-7-12(16)13(17)8-14(15)18/h2-8,19H,1,9H2. The van der Waals surface area contributed by atoms with Gasteiger partial charge in [0.15, 0.2) is 0 Å². The van der Waals surface area contributed by atoms with E-state index in [9.17, 15) is 8.78 Å². The Morgan fingerprint density at radius 3 is 2.47 bits per heavy atom. The summed E-state index contributed by atoms with van der Waals surface area (Å²) in [6, 6.07) is 11.8. The molecule has 0 radical (unpaired) electrons. The maximum Gasteiger partial charge on any atom is 0.149 e. The molecule has 0 aromatic heterocycles. The summed E-state index contributed by atoms with van der Waals surface area (Å²) in [5, 5.41) is 2.91. The Balaban J connectivity index is 2.07. The van der Waals surface area contributed by atoms with Gasteiger partial charge in [0.25, 0.3) is 0 Å².